The average molecular weight is 1040 g/mol. The summed E-state index contributed by atoms with van der Waals surface area (Å²) in [6.07, 6.45) is -1.85. The van der Waals surface area contributed by atoms with Crippen molar-refractivity contribution >= 4 is 50.5 Å². The largest absolute Gasteiger partial charge is 0.287 e. The zero-order valence-corrected chi connectivity index (χ0v) is 35.6. The first-order chi connectivity index (χ1) is 33.9. The molecule has 0 saturated heterocycles. The molecule has 8 rings (SSSR count). The number of benzene rings is 6. The van der Waals surface area contributed by atoms with Crippen LogP contribution in [-0.2, 0) is 6.54 Å². The van der Waals surface area contributed by atoms with Gasteiger partial charge in [0.05, 0.1) is 0 Å². The van der Waals surface area contributed by atoms with Crippen LogP contribution in [0.4, 0.5) is 87.8 Å². The van der Waals surface area contributed by atoms with Crippen LogP contribution in [0, 0.1) is 122 Å². The highest BCUT2D eigenvalue weighted by molar-refractivity contribution is 7.20. The van der Waals surface area contributed by atoms with Crippen LogP contribution >= 0.6 is 0 Å². The van der Waals surface area contributed by atoms with Crippen LogP contribution in [0.1, 0.15) is 53.0 Å². The molecule has 376 valence electrons. The number of carbonyl (C=O) groups is 2. The van der Waals surface area contributed by atoms with Gasteiger partial charge in [0, 0.05) is 29.0 Å². The van der Waals surface area contributed by atoms with Gasteiger partial charge < -0.3 is 0 Å². The smallest absolute Gasteiger partial charge is 0.249 e. The number of fused-ring (bicyclic) bond motifs is 1. The Kier molecular flexibility index (Phi) is 14.7. The fourth-order valence-corrected chi connectivity index (χ4v) is 8.96. The van der Waals surface area contributed by atoms with E-state index in [4.69, 9.17) is 0 Å². The first-order valence-corrected chi connectivity index (χ1v) is 20.7. The number of carbonyl (C=O) groups excluding carboxylic acids is 2. The van der Waals surface area contributed by atoms with Gasteiger partial charge in [0.15, 0.2) is 69.8 Å². The molecule has 0 atom stereocenters. The Morgan fingerprint density at radius 2 is 0.708 bits per heavy atom. The zero-order valence-electron chi connectivity index (χ0n) is 35.6. The number of ketones is 2. The number of aromatic nitrogens is 1. The monoisotopic (exact) mass is 1040 g/mol. The molecule has 0 bridgehead atoms. The van der Waals surface area contributed by atoms with E-state index in [1.54, 1.807) is 0 Å². The van der Waals surface area contributed by atoms with Crippen LogP contribution in [-0.4, -0.2) is 17.7 Å². The first-order valence-electron chi connectivity index (χ1n) is 20.7. The summed E-state index contributed by atoms with van der Waals surface area (Å²) in [5, 5.41) is 1.04. The van der Waals surface area contributed by atoms with Crippen molar-refractivity contribution in [2.75, 3.05) is 0 Å². The lowest BCUT2D eigenvalue weighted by Gasteiger charge is -2.44. The van der Waals surface area contributed by atoms with E-state index in [1.165, 1.54) is 6.42 Å². The normalized spacial score (nSPS) is 13.1. The third-order valence-electron chi connectivity index (χ3n) is 12.3. The molecule has 1 aliphatic rings. The summed E-state index contributed by atoms with van der Waals surface area (Å²) in [5.74, 6) is -71.1. The molecule has 24 heteroatoms. The van der Waals surface area contributed by atoms with Gasteiger partial charge in [-0.2, -0.15) is 4.57 Å². The van der Waals surface area contributed by atoms with Crippen LogP contribution in [0.2, 0.25) is 0 Å². The molecule has 1 aromatic heterocycles. The molecule has 7 aromatic rings. The maximum Gasteiger partial charge on any atom is 0.249 e. The molecule has 0 spiro atoms. The molecule has 6 aromatic carbocycles. The first kappa shape index (κ1) is 52.6. The van der Waals surface area contributed by atoms with Gasteiger partial charge in [-0.25, -0.2) is 87.8 Å². The Hall–Kier alpha value is -7.27. The minimum absolute atomic E-state index is 0.0228. The van der Waals surface area contributed by atoms with E-state index in [0.717, 1.165) is 36.6 Å². The zero-order chi connectivity index (χ0) is 53.0. The minimum Gasteiger partial charge on any atom is -0.287 e. The van der Waals surface area contributed by atoms with Crippen LogP contribution in [0.15, 0.2) is 66.7 Å². The van der Waals surface area contributed by atoms with Gasteiger partial charge in [-0.1, -0.05) is 61.7 Å². The topological polar surface area (TPSA) is 38.0 Å². The fraction of sp³-hybridized carbons (Fsp3) is 0.146. The number of nitrogens with zero attached hydrogens (tertiary/aromatic N) is 1. The maximum atomic E-state index is 15.4. The van der Waals surface area contributed by atoms with Crippen molar-refractivity contribution in [1.82, 2.24) is 0 Å². The second kappa shape index (κ2) is 20.1. The van der Waals surface area contributed by atoms with Crippen molar-refractivity contribution < 1.29 is 102 Å². The summed E-state index contributed by atoms with van der Waals surface area (Å²) >= 11 is 0. The summed E-state index contributed by atoms with van der Waals surface area (Å²) < 4.78 is 296. The standard InChI is InChI=1S/C24BF20.C24H24NO2/c26-5-1(6(27)14(35)21(42)13(5)34)25(2-7(28)15(36)22(43)16(37)8(2)29,3-9(30)17(38)23(44)18(39)10(3)31)4-11(32)19(40)24(45)20(41)12(4)33;26-23(19-10-3-1-4-11-19)17-25-21-14-8-7-9-18(21)15-16-22(25)24(27)20-12-5-2-6-13-20/h;1,3-4,7-11,14-16,20H,2,5-6,12-13,17H2/q-1;+1. The summed E-state index contributed by atoms with van der Waals surface area (Å²) in [6, 6.07) is 21.2. The van der Waals surface area contributed by atoms with Crippen LogP contribution in [0.25, 0.3) is 10.9 Å². The van der Waals surface area contributed by atoms with Crippen molar-refractivity contribution in [3.05, 3.63) is 194 Å². The predicted molar refractivity (Wildman–Crippen MR) is 215 cm³/mol. The predicted octanol–water partition coefficient (Wildman–Crippen LogP) is 10.6. The van der Waals surface area contributed by atoms with E-state index >= 15 is 35.1 Å². The molecule has 0 radical (unpaired) electrons. The Morgan fingerprint density at radius 3 is 1.07 bits per heavy atom. The number of hydrogen-bond acceptors (Lipinski definition) is 2. The lowest BCUT2D eigenvalue weighted by Crippen LogP contribution is -2.81. The second-order valence-electron chi connectivity index (χ2n) is 16.2. The van der Waals surface area contributed by atoms with Crippen LogP contribution in [0.5, 0.6) is 0 Å². The summed E-state index contributed by atoms with van der Waals surface area (Å²) in [7, 11) is 0. The Labute approximate surface area is 390 Å². The second-order valence-corrected chi connectivity index (χ2v) is 16.2. The van der Waals surface area contributed by atoms with Crippen LogP contribution < -0.4 is 26.4 Å². The number of pyridine rings is 1. The van der Waals surface area contributed by atoms with E-state index in [9.17, 15) is 62.3 Å². The third kappa shape index (κ3) is 8.40. The van der Waals surface area contributed by atoms with Gasteiger partial charge in [0.1, 0.15) is 52.7 Å². The van der Waals surface area contributed by atoms with Gasteiger partial charge in [-0.3, -0.25) is 9.59 Å². The van der Waals surface area contributed by atoms with Gasteiger partial charge in [0.25, 0.3) is 0 Å². The molecule has 0 amide bonds. The summed E-state index contributed by atoms with van der Waals surface area (Å²) in [4.78, 5) is 26.1. The van der Waals surface area contributed by atoms with E-state index in [0.29, 0.717) is 11.3 Å². The molecule has 1 aliphatic carbocycles. The number of rotatable bonds is 9. The van der Waals surface area contributed by atoms with Gasteiger partial charge in [-0.15, -0.1) is 21.9 Å². The summed E-state index contributed by atoms with van der Waals surface area (Å²) in [6.45, 7) is 0.180. The lowest BCUT2D eigenvalue weighted by molar-refractivity contribution is -0.659. The summed E-state index contributed by atoms with van der Waals surface area (Å²) in [5.41, 5.74) is -12.1. The van der Waals surface area contributed by atoms with E-state index in [2.05, 4.69) is 0 Å². The molecule has 72 heavy (non-hydrogen) atoms. The number of halogens is 20. The molecular weight excluding hydrogens is 1010 g/mol. The average Bonchev–Trinajstić information content (AvgIpc) is 3.39. The molecule has 0 aliphatic heterocycles. The Morgan fingerprint density at radius 1 is 0.389 bits per heavy atom. The van der Waals surface area contributed by atoms with Crippen molar-refractivity contribution in [2.45, 2.75) is 38.6 Å². The van der Waals surface area contributed by atoms with Gasteiger partial charge in [-0.05, 0) is 25.0 Å². The molecule has 1 saturated carbocycles. The SMILES string of the molecule is Fc1c(F)c(F)c([B-](c2c(F)c(F)c(F)c(F)c2F)(c2c(F)c(F)c(F)c(F)c2F)c2c(F)c(F)c(F)c(F)c2F)c(F)c1F.O=C(C[n+]1c(C(=O)C2CCCCC2)ccc2ccccc21)c1ccccc1. The van der Waals surface area contributed by atoms with Crippen molar-refractivity contribution in [1.29, 1.82) is 0 Å². The molecule has 1 heterocycles. The number of hydrogen-bond donors (Lipinski definition) is 0. The highest BCUT2D eigenvalue weighted by atomic mass is 19.2. The molecule has 0 unspecified atom stereocenters. The number of para-hydroxylation sites is 1. The Bertz CT molecular complexity index is 2980. The number of Topliss-reactive ketones (excluding diaryl/α,β-unsaturated/α-hetero) is 2. The van der Waals surface area contributed by atoms with E-state index in [-0.39, 0.29) is 24.0 Å². The highest BCUT2D eigenvalue weighted by Crippen LogP contribution is 2.32. The minimum atomic E-state index is -7.22. The molecule has 3 nitrogen and oxygen atoms in total. The maximum absolute atomic E-state index is 15.4. The van der Waals surface area contributed by atoms with E-state index in [1.807, 2.05) is 71.3 Å². The van der Waals surface area contributed by atoms with Crippen molar-refractivity contribution in [3.63, 3.8) is 0 Å². The van der Waals surface area contributed by atoms with Gasteiger partial charge in [0.2, 0.25) is 29.3 Å². The van der Waals surface area contributed by atoms with E-state index < -0.39 is 144 Å². The molecular formula is C48H24BF20NO2. The highest BCUT2D eigenvalue weighted by Gasteiger charge is 2.52. The molecule has 1 fully saturated rings. The molecule has 0 N–H and O–H groups in total. The quantitative estimate of drug-likeness (QED) is 0.0361. The van der Waals surface area contributed by atoms with Gasteiger partial charge >= 0.3 is 0 Å². The van der Waals surface area contributed by atoms with Crippen LogP contribution in [0.3, 0.4) is 0 Å². The lowest BCUT2D eigenvalue weighted by atomic mass is 9.12. The third-order valence-corrected chi connectivity index (χ3v) is 12.3. The fourth-order valence-electron chi connectivity index (χ4n) is 8.96. The van der Waals surface area contributed by atoms with Crippen molar-refractivity contribution in [2.24, 2.45) is 5.92 Å². The Balaban J connectivity index is 0.000000238. The van der Waals surface area contributed by atoms with Crippen molar-refractivity contribution in [3.8, 4) is 0 Å².